The zero-order valence-electron chi connectivity index (χ0n) is 9.03. The van der Waals surface area contributed by atoms with Crippen LogP contribution in [-0.4, -0.2) is 24.2 Å². The number of hydrogen-bond acceptors (Lipinski definition) is 3. The summed E-state index contributed by atoms with van der Waals surface area (Å²) in [6.07, 6.45) is 1.33. The molecule has 3 nitrogen and oxygen atoms in total. The second-order valence-electron chi connectivity index (χ2n) is 3.28. The Morgan fingerprint density at radius 1 is 1.19 bits per heavy atom. The van der Waals surface area contributed by atoms with Gasteiger partial charge in [-0.3, -0.25) is 4.79 Å². The van der Waals surface area contributed by atoms with Crippen LogP contribution in [0.5, 0.6) is 0 Å². The van der Waals surface area contributed by atoms with Gasteiger partial charge in [-0.05, 0) is 18.6 Å². The molecule has 1 aromatic carbocycles. The molecule has 0 N–H and O–H groups in total. The predicted molar refractivity (Wildman–Crippen MR) is 65.1 cm³/mol. The average molecular weight is 285 g/mol. The number of methoxy groups -OCH3 is 1. The molecule has 0 bridgehead atoms. The van der Waals surface area contributed by atoms with Crippen molar-refractivity contribution in [2.24, 2.45) is 0 Å². The molecule has 0 aromatic heterocycles. The predicted octanol–water partition coefficient (Wildman–Crippen LogP) is 2.83. The highest BCUT2D eigenvalue weighted by Gasteiger charge is 2.08. The van der Waals surface area contributed by atoms with E-state index < -0.39 is 0 Å². The molecular weight excluding hydrogens is 272 g/mol. The van der Waals surface area contributed by atoms with Crippen LogP contribution in [0.4, 0.5) is 0 Å². The summed E-state index contributed by atoms with van der Waals surface area (Å²) < 4.78 is 4.57. The van der Waals surface area contributed by atoms with Gasteiger partial charge in [-0.25, -0.2) is 4.79 Å². The molecule has 16 heavy (non-hydrogen) atoms. The van der Waals surface area contributed by atoms with E-state index in [0.717, 1.165) is 11.8 Å². The van der Waals surface area contributed by atoms with E-state index in [0.29, 0.717) is 17.5 Å². The number of ketones is 1. The number of esters is 1. The molecule has 0 saturated carbocycles. The Labute approximate surface area is 103 Å². The molecule has 4 heteroatoms. The molecule has 0 spiro atoms. The first-order chi connectivity index (χ1) is 7.69. The van der Waals surface area contributed by atoms with Gasteiger partial charge in [0.2, 0.25) is 0 Å². The first kappa shape index (κ1) is 12.9. The zero-order valence-corrected chi connectivity index (χ0v) is 10.6. The van der Waals surface area contributed by atoms with Crippen molar-refractivity contribution in [2.45, 2.75) is 12.8 Å². The van der Waals surface area contributed by atoms with Crippen LogP contribution in [0.1, 0.15) is 33.6 Å². The summed E-state index contributed by atoms with van der Waals surface area (Å²) in [5.41, 5.74) is 1.09. The van der Waals surface area contributed by atoms with E-state index in [9.17, 15) is 9.59 Å². The molecule has 0 radical (unpaired) electrons. The van der Waals surface area contributed by atoms with Gasteiger partial charge in [0.25, 0.3) is 0 Å². The number of carbonyl (C=O) groups excluding carboxylic acids is 2. The van der Waals surface area contributed by atoms with Gasteiger partial charge in [0, 0.05) is 17.3 Å². The van der Waals surface area contributed by atoms with Crippen molar-refractivity contribution in [1.29, 1.82) is 0 Å². The van der Waals surface area contributed by atoms with E-state index in [2.05, 4.69) is 20.7 Å². The minimum atomic E-state index is -0.389. The summed E-state index contributed by atoms with van der Waals surface area (Å²) in [5.74, 6) is -0.296. The minimum absolute atomic E-state index is 0.0934. The molecule has 0 amide bonds. The monoisotopic (exact) mass is 284 g/mol. The fourth-order valence-corrected chi connectivity index (χ4v) is 1.56. The number of rotatable bonds is 5. The third-order valence-corrected chi connectivity index (χ3v) is 2.73. The van der Waals surface area contributed by atoms with Crippen LogP contribution in [0.25, 0.3) is 0 Å². The summed E-state index contributed by atoms with van der Waals surface area (Å²) >= 11 is 3.28. The molecule has 0 aliphatic carbocycles. The van der Waals surface area contributed by atoms with Crippen LogP contribution >= 0.6 is 15.9 Å². The van der Waals surface area contributed by atoms with E-state index in [1.807, 2.05) is 0 Å². The van der Waals surface area contributed by atoms with Crippen molar-refractivity contribution in [3.8, 4) is 0 Å². The van der Waals surface area contributed by atoms with Gasteiger partial charge in [0.1, 0.15) is 0 Å². The number of alkyl halides is 1. The van der Waals surface area contributed by atoms with Gasteiger partial charge >= 0.3 is 5.97 Å². The van der Waals surface area contributed by atoms with Gasteiger partial charge in [-0.15, -0.1) is 0 Å². The number of benzene rings is 1. The van der Waals surface area contributed by atoms with E-state index in [4.69, 9.17) is 0 Å². The SMILES string of the molecule is COC(=O)c1ccc(C(=O)CCCBr)cc1. The third-order valence-electron chi connectivity index (χ3n) is 2.17. The second-order valence-corrected chi connectivity index (χ2v) is 4.08. The Morgan fingerprint density at radius 3 is 2.25 bits per heavy atom. The topological polar surface area (TPSA) is 43.4 Å². The molecular formula is C12H13BrO3. The fraction of sp³-hybridized carbons (Fsp3) is 0.333. The van der Waals surface area contributed by atoms with E-state index in [1.165, 1.54) is 7.11 Å². The van der Waals surface area contributed by atoms with Crippen LogP contribution in [0.15, 0.2) is 24.3 Å². The van der Waals surface area contributed by atoms with Crippen molar-refractivity contribution in [3.05, 3.63) is 35.4 Å². The smallest absolute Gasteiger partial charge is 0.337 e. The summed E-state index contributed by atoms with van der Waals surface area (Å²) in [6.45, 7) is 0. The lowest BCUT2D eigenvalue weighted by Gasteiger charge is -2.01. The molecule has 0 atom stereocenters. The Kier molecular flexibility index (Phi) is 5.19. The van der Waals surface area contributed by atoms with Gasteiger partial charge < -0.3 is 4.74 Å². The molecule has 0 saturated heterocycles. The highest BCUT2D eigenvalue weighted by Crippen LogP contribution is 2.09. The first-order valence-corrected chi connectivity index (χ1v) is 6.08. The molecule has 0 unspecified atom stereocenters. The van der Waals surface area contributed by atoms with Crippen LogP contribution in [0.2, 0.25) is 0 Å². The summed E-state index contributed by atoms with van der Waals surface area (Å²) in [5, 5.41) is 0.818. The molecule has 0 fully saturated rings. The first-order valence-electron chi connectivity index (χ1n) is 4.96. The largest absolute Gasteiger partial charge is 0.465 e. The lowest BCUT2D eigenvalue weighted by atomic mass is 10.1. The quantitative estimate of drug-likeness (QED) is 0.474. The number of hydrogen-bond donors (Lipinski definition) is 0. The molecule has 0 aliphatic rings. The van der Waals surface area contributed by atoms with Crippen LogP contribution in [0, 0.1) is 0 Å². The van der Waals surface area contributed by atoms with Crippen molar-refractivity contribution >= 4 is 27.7 Å². The van der Waals surface area contributed by atoms with Crippen LogP contribution < -0.4 is 0 Å². The number of carbonyl (C=O) groups is 2. The standard InChI is InChI=1S/C12H13BrO3/c1-16-12(15)10-6-4-9(5-7-10)11(14)3-2-8-13/h4-7H,2-3,8H2,1H3. The maximum Gasteiger partial charge on any atom is 0.337 e. The maximum atomic E-state index is 11.6. The van der Waals surface area contributed by atoms with Crippen LogP contribution in [-0.2, 0) is 4.74 Å². The average Bonchev–Trinajstić information content (AvgIpc) is 2.35. The Hall–Kier alpha value is -1.16. The molecule has 1 rings (SSSR count). The van der Waals surface area contributed by atoms with E-state index in [-0.39, 0.29) is 11.8 Å². The van der Waals surface area contributed by atoms with Crippen LogP contribution in [0.3, 0.4) is 0 Å². The van der Waals surface area contributed by atoms with Crippen molar-refractivity contribution in [2.75, 3.05) is 12.4 Å². The second kappa shape index (κ2) is 6.43. The van der Waals surface area contributed by atoms with Gasteiger partial charge in [0.05, 0.1) is 12.7 Å². The van der Waals surface area contributed by atoms with Crippen molar-refractivity contribution in [1.82, 2.24) is 0 Å². The maximum absolute atomic E-state index is 11.6. The van der Waals surface area contributed by atoms with Crippen molar-refractivity contribution < 1.29 is 14.3 Å². The fourth-order valence-electron chi connectivity index (χ4n) is 1.28. The summed E-state index contributed by atoms with van der Waals surface area (Å²) in [4.78, 5) is 22.8. The zero-order chi connectivity index (χ0) is 12.0. The van der Waals surface area contributed by atoms with E-state index >= 15 is 0 Å². The Bertz CT molecular complexity index is 370. The van der Waals surface area contributed by atoms with Gasteiger partial charge in [-0.2, -0.15) is 0 Å². The number of ether oxygens (including phenoxy) is 1. The number of halogens is 1. The molecule has 0 heterocycles. The Balaban J connectivity index is 2.71. The third kappa shape index (κ3) is 3.45. The highest BCUT2D eigenvalue weighted by molar-refractivity contribution is 9.09. The highest BCUT2D eigenvalue weighted by atomic mass is 79.9. The van der Waals surface area contributed by atoms with Gasteiger partial charge in [0.15, 0.2) is 5.78 Å². The molecule has 86 valence electrons. The van der Waals surface area contributed by atoms with Gasteiger partial charge in [-0.1, -0.05) is 28.1 Å². The summed E-state index contributed by atoms with van der Waals surface area (Å²) in [7, 11) is 1.33. The molecule has 0 aliphatic heterocycles. The number of Topliss-reactive ketones (excluding diaryl/α,β-unsaturated/α-hetero) is 1. The Morgan fingerprint density at radius 2 is 1.75 bits per heavy atom. The minimum Gasteiger partial charge on any atom is -0.465 e. The lowest BCUT2D eigenvalue weighted by molar-refractivity contribution is 0.0600. The van der Waals surface area contributed by atoms with Crippen molar-refractivity contribution in [3.63, 3.8) is 0 Å². The summed E-state index contributed by atoms with van der Waals surface area (Å²) in [6, 6.07) is 6.52. The normalized spacial score (nSPS) is 9.88. The lowest BCUT2D eigenvalue weighted by Crippen LogP contribution is -2.03. The molecule has 1 aromatic rings. The van der Waals surface area contributed by atoms with E-state index in [1.54, 1.807) is 24.3 Å².